The van der Waals surface area contributed by atoms with Crippen molar-refractivity contribution < 1.29 is 27.8 Å². The number of carbonyl (C=O) groups is 1. The first kappa shape index (κ1) is 31.6. The van der Waals surface area contributed by atoms with E-state index in [0.29, 0.717) is 24.2 Å². The van der Waals surface area contributed by atoms with Gasteiger partial charge in [-0.1, -0.05) is 37.1 Å². The van der Waals surface area contributed by atoms with Crippen LogP contribution in [0.4, 0.5) is 13.2 Å². The quantitative estimate of drug-likeness (QED) is 0.211. The van der Waals surface area contributed by atoms with Crippen LogP contribution in [-0.4, -0.2) is 52.0 Å². The maximum atomic E-state index is 14.3. The van der Waals surface area contributed by atoms with E-state index < -0.39 is 12.6 Å². The van der Waals surface area contributed by atoms with Gasteiger partial charge in [-0.25, -0.2) is 4.39 Å². The Bertz CT molecular complexity index is 1430. The Labute approximate surface area is 263 Å². The van der Waals surface area contributed by atoms with Crippen LogP contribution in [0.25, 0.3) is 0 Å². The van der Waals surface area contributed by atoms with Crippen LogP contribution in [0.1, 0.15) is 86.2 Å². The molecule has 242 valence electrons. The summed E-state index contributed by atoms with van der Waals surface area (Å²) < 4.78 is 45.8. The van der Waals surface area contributed by atoms with E-state index in [1.165, 1.54) is 11.8 Å². The van der Waals surface area contributed by atoms with Gasteiger partial charge in [-0.05, 0) is 117 Å². The van der Waals surface area contributed by atoms with E-state index in [1.807, 2.05) is 6.07 Å². The lowest BCUT2D eigenvalue weighted by Crippen LogP contribution is -2.37. The van der Waals surface area contributed by atoms with Crippen LogP contribution >= 0.6 is 0 Å². The van der Waals surface area contributed by atoms with Crippen molar-refractivity contribution in [2.24, 2.45) is 23.7 Å². The molecule has 9 heteroatoms. The van der Waals surface area contributed by atoms with Crippen LogP contribution in [0.15, 0.2) is 54.6 Å². The molecular formula is C36H44F3N3O3. The summed E-state index contributed by atoms with van der Waals surface area (Å²) >= 11 is 0. The van der Waals surface area contributed by atoms with Crippen LogP contribution in [0.2, 0.25) is 0 Å². The summed E-state index contributed by atoms with van der Waals surface area (Å²) in [6.45, 7) is 2.87. The zero-order valence-corrected chi connectivity index (χ0v) is 26.0. The largest absolute Gasteiger partial charge is 0.481 e. The minimum absolute atomic E-state index is 0.129. The smallest absolute Gasteiger partial charge is 0.387 e. The summed E-state index contributed by atoms with van der Waals surface area (Å²) in [6.07, 6.45) is 7.42. The number of ether oxygens (including phenoxy) is 1. The zero-order valence-electron chi connectivity index (χ0n) is 26.0. The molecule has 1 aromatic heterocycles. The highest BCUT2D eigenvalue weighted by Crippen LogP contribution is 2.49. The maximum absolute atomic E-state index is 14.3. The molecule has 4 atom stereocenters. The first-order chi connectivity index (χ1) is 21.7. The molecule has 2 aliphatic carbocycles. The molecule has 0 amide bonds. The third-order valence-corrected chi connectivity index (χ3v) is 10.4. The number of hydrogen-bond donors (Lipinski definition) is 1. The van der Waals surface area contributed by atoms with Crippen LogP contribution < -0.4 is 4.74 Å². The molecule has 0 bridgehead atoms. The highest BCUT2D eigenvalue weighted by Gasteiger charge is 2.43. The van der Waals surface area contributed by atoms with Crippen molar-refractivity contribution >= 4 is 5.97 Å². The Balaban J connectivity index is 1.09. The monoisotopic (exact) mass is 623 g/mol. The van der Waals surface area contributed by atoms with Crippen LogP contribution in [0.3, 0.4) is 0 Å². The molecule has 2 saturated carbocycles. The number of alkyl halides is 2. The van der Waals surface area contributed by atoms with Gasteiger partial charge < -0.3 is 14.7 Å². The predicted molar refractivity (Wildman–Crippen MR) is 166 cm³/mol. The number of carboxylic acid groups (broad SMARTS) is 1. The second-order valence-corrected chi connectivity index (χ2v) is 13.4. The van der Waals surface area contributed by atoms with Gasteiger partial charge in [0.25, 0.3) is 0 Å². The molecule has 3 fully saturated rings. The Morgan fingerprint density at radius 2 is 1.80 bits per heavy atom. The van der Waals surface area contributed by atoms with E-state index in [2.05, 4.69) is 27.3 Å². The van der Waals surface area contributed by atoms with Crippen LogP contribution in [0, 0.1) is 29.5 Å². The second-order valence-electron chi connectivity index (χ2n) is 13.4. The number of benzene rings is 2. The minimum atomic E-state index is -2.84. The molecule has 0 spiro atoms. The van der Waals surface area contributed by atoms with Gasteiger partial charge in [-0.15, -0.1) is 0 Å². The lowest BCUT2D eigenvalue weighted by Gasteiger charge is -2.35. The summed E-state index contributed by atoms with van der Waals surface area (Å²) in [7, 11) is 0. The van der Waals surface area contributed by atoms with Gasteiger partial charge in [0.2, 0.25) is 0 Å². The number of aromatic nitrogens is 2. The fraction of sp³-hybridized carbons (Fsp3) is 0.556. The number of rotatable bonds is 13. The van der Waals surface area contributed by atoms with E-state index >= 15 is 0 Å². The van der Waals surface area contributed by atoms with Crippen LogP contribution in [0.5, 0.6) is 5.75 Å². The highest BCUT2D eigenvalue weighted by molar-refractivity contribution is 5.70. The number of hydrogen-bond acceptors (Lipinski definition) is 4. The van der Waals surface area contributed by atoms with Crippen molar-refractivity contribution in [1.82, 2.24) is 14.7 Å². The standard InChI is InChI=1S/C36H44F3N3O3/c1-2-42-34(21-30(40-42)16-23-8-10-31(11-9-23)45-36(38)39)25-12-14-41(15-13-25)22-28-18-27(33(35(43)44)17-24-6-7-24)20-32(28)26-4-3-5-29(37)19-26/h3-5,8-11,19,21,24-25,27-28,32-33,36H,2,6-7,12-18,20,22H2,1H3,(H,43,44)/t27?,28?,32?,33-/m0/s1. The summed E-state index contributed by atoms with van der Waals surface area (Å²) in [6, 6.07) is 15.9. The fourth-order valence-corrected chi connectivity index (χ4v) is 7.95. The second kappa shape index (κ2) is 14.0. The number of piperidine rings is 1. The molecule has 1 N–H and O–H groups in total. The average molecular weight is 624 g/mol. The Morgan fingerprint density at radius 1 is 1.04 bits per heavy atom. The van der Waals surface area contributed by atoms with E-state index in [-0.39, 0.29) is 29.3 Å². The van der Waals surface area contributed by atoms with Gasteiger partial charge in [0.1, 0.15) is 11.6 Å². The molecule has 6 nitrogen and oxygen atoms in total. The topological polar surface area (TPSA) is 67.6 Å². The van der Waals surface area contributed by atoms with Crippen molar-refractivity contribution in [3.05, 3.63) is 82.9 Å². The zero-order chi connectivity index (χ0) is 31.5. The number of aliphatic carboxylic acids is 1. The van der Waals surface area contributed by atoms with E-state index in [1.54, 1.807) is 36.4 Å². The normalized spacial score (nSPS) is 23.4. The van der Waals surface area contributed by atoms with E-state index in [4.69, 9.17) is 5.10 Å². The minimum Gasteiger partial charge on any atom is -0.481 e. The number of nitrogens with zero attached hydrogens (tertiary/aromatic N) is 3. The number of aryl methyl sites for hydroxylation is 1. The number of likely N-dealkylation sites (tertiary alicyclic amines) is 1. The van der Waals surface area contributed by atoms with Gasteiger partial charge in [-0.3, -0.25) is 9.48 Å². The van der Waals surface area contributed by atoms with Crippen molar-refractivity contribution in [3.8, 4) is 5.75 Å². The van der Waals surface area contributed by atoms with Crippen molar-refractivity contribution in [1.29, 1.82) is 0 Å². The maximum Gasteiger partial charge on any atom is 0.387 e. The molecule has 3 aromatic rings. The first-order valence-electron chi connectivity index (χ1n) is 16.6. The lowest BCUT2D eigenvalue weighted by molar-refractivity contribution is -0.144. The molecule has 0 radical (unpaired) electrons. The summed E-state index contributed by atoms with van der Waals surface area (Å²) in [5, 5.41) is 15.0. The molecule has 45 heavy (non-hydrogen) atoms. The first-order valence-corrected chi connectivity index (χ1v) is 16.6. The summed E-state index contributed by atoms with van der Waals surface area (Å²) in [5.41, 5.74) is 4.20. The third kappa shape index (κ3) is 7.91. The van der Waals surface area contributed by atoms with Gasteiger partial charge in [0, 0.05) is 31.1 Å². The molecule has 2 aromatic carbocycles. The molecule has 2 heterocycles. The Kier molecular flexibility index (Phi) is 9.83. The van der Waals surface area contributed by atoms with Crippen LogP contribution in [-0.2, 0) is 17.8 Å². The van der Waals surface area contributed by atoms with Crippen molar-refractivity contribution in [2.45, 2.75) is 83.3 Å². The molecule has 6 rings (SSSR count). The molecule has 1 aliphatic heterocycles. The predicted octanol–water partition coefficient (Wildman–Crippen LogP) is 7.72. The summed E-state index contributed by atoms with van der Waals surface area (Å²) in [4.78, 5) is 14.8. The van der Waals surface area contributed by atoms with Crippen molar-refractivity contribution in [3.63, 3.8) is 0 Å². The summed E-state index contributed by atoms with van der Waals surface area (Å²) in [5.74, 6) is 0.501. The number of carboxylic acids is 1. The molecule has 1 saturated heterocycles. The Morgan fingerprint density at radius 3 is 2.44 bits per heavy atom. The fourth-order valence-electron chi connectivity index (χ4n) is 7.95. The van der Waals surface area contributed by atoms with Gasteiger partial charge in [0.05, 0.1) is 11.6 Å². The number of halogens is 3. The Hall–Kier alpha value is -3.33. The van der Waals surface area contributed by atoms with Gasteiger partial charge in [0.15, 0.2) is 0 Å². The lowest BCUT2D eigenvalue weighted by atomic mass is 9.85. The third-order valence-electron chi connectivity index (χ3n) is 10.4. The highest BCUT2D eigenvalue weighted by atomic mass is 19.3. The molecule has 3 aliphatic rings. The van der Waals surface area contributed by atoms with Gasteiger partial charge in [-0.2, -0.15) is 13.9 Å². The van der Waals surface area contributed by atoms with E-state index in [0.717, 1.165) is 87.9 Å². The van der Waals surface area contributed by atoms with Gasteiger partial charge >= 0.3 is 12.6 Å². The molecule has 3 unspecified atom stereocenters. The van der Waals surface area contributed by atoms with Crippen molar-refractivity contribution in [2.75, 3.05) is 19.6 Å². The SMILES string of the molecule is CCn1nc(Cc2ccc(OC(F)F)cc2)cc1C1CCN(CC2CC([C@H](CC3CC3)C(=O)O)CC2c2cccc(F)c2)CC1. The van der Waals surface area contributed by atoms with E-state index in [9.17, 15) is 23.1 Å². The average Bonchev–Trinajstić information content (AvgIpc) is 3.61. The molecular weight excluding hydrogens is 579 g/mol.